The summed E-state index contributed by atoms with van der Waals surface area (Å²) in [7, 11) is 1.56. The van der Waals surface area contributed by atoms with E-state index in [-0.39, 0.29) is 5.91 Å². The number of nitrogens with one attached hydrogen (secondary N) is 2. The second kappa shape index (κ2) is 10.2. The number of amides is 1. The van der Waals surface area contributed by atoms with Crippen molar-refractivity contribution in [2.45, 2.75) is 6.92 Å². The van der Waals surface area contributed by atoms with Crippen LogP contribution >= 0.6 is 11.6 Å². The Balaban J connectivity index is 1.31. The number of benzene rings is 2. The summed E-state index contributed by atoms with van der Waals surface area (Å²) in [5.41, 5.74) is 3.04. The average molecular weight is 494 g/mol. The number of aryl methyl sites for hydroxylation is 1. The molecule has 0 saturated carbocycles. The van der Waals surface area contributed by atoms with E-state index in [0.717, 1.165) is 49.5 Å². The fourth-order valence-electron chi connectivity index (χ4n) is 4.67. The first kappa shape index (κ1) is 23.5. The van der Waals surface area contributed by atoms with Crippen molar-refractivity contribution in [1.82, 2.24) is 14.9 Å². The van der Waals surface area contributed by atoms with Gasteiger partial charge in [-0.2, -0.15) is 0 Å². The lowest BCUT2D eigenvalue weighted by Crippen LogP contribution is -2.23. The van der Waals surface area contributed by atoms with Gasteiger partial charge in [-0.1, -0.05) is 23.7 Å². The van der Waals surface area contributed by atoms with Gasteiger partial charge in [-0.3, -0.25) is 9.69 Å². The fourth-order valence-corrected chi connectivity index (χ4v) is 4.85. The number of nitrogens with zero attached hydrogens (tertiary/aromatic N) is 3. The van der Waals surface area contributed by atoms with E-state index in [1.54, 1.807) is 19.3 Å². The highest BCUT2D eigenvalue weighted by atomic mass is 35.5. The first-order chi connectivity index (χ1) is 17.0. The lowest BCUT2D eigenvalue weighted by Gasteiger charge is -2.14. The summed E-state index contributed by atoms with van der Waals surface area (Å²) in [5, 5.41) is 7.64. The number of likely N-dealkylation sites (tertiary alicyclic amines) is 1. The standard InChI is InChI=1S/C26H28ClN5O3/c1-16-5-6-19(8-21(16)27)30-26-20-9-23(24(34-2)10-22(20)28-15-29-26)31-25(33)4-3-7-32-11-17-13-35-14-18(17)12-32/h3-6,8-10,15,17-18H,7,11-14H2,1-2H3,(H,31,33)(H,28,29,30). The molecule has 3 heterocycles. The number of hydrogen-bond acceptors (Lipinski definition) is 7. The van der Waals surface area contributed by atoms with Gasteiger partial charge in [0.25, 0.3) is 0 Å². The third-order valence-corrected chi connectivity index (χ3v) is 7.01. The van der Waals surface area contributed by atoms with Gasteiger partial charge in [0.05, 0.1) is 31.5 Å². The van der Waals surface area contributed by atoms with Crippen LogP contribution in [0.25, 0.3) is 10.9 Å². The van der Waals surface area contributed by atoms with Gasteiger partial charge < -0.3 is 20.1 Å². The minimum Gasteiger partial charge on any atom is -0.494 e. The minimum atomic E-state index is -0.220. The molecular weight excluding hydrogens is 466 g/mol. The number of methoxy groups -OCH3 is 1. The van der Waals surface area contributed by atoms with Gasteiger partial charge in [0.2, 0.25) is 5.91 Å². The summed E-state index contributed by atoms with van der Waals surface area (Å²) < 4.78 is 11.0. The van der Waals surface area contributed by atoms with Crippen LogP contribution in [0.4, 0.5) is 17.2 Å². The molecule has 182 valence electrons. The zero-order valence-corrected chi connectivity index (χ0v) is 20.5. The van der Waals surface area contributed by atoms with E-state index >= 15 is 0 Å². The molecule has 5 rings (SSSR count). The zero-order valence-electron chi connectivity index (χ0n) is 19.8. The molecule has 2 aromatic carbocycles. The molecule has 8 nitrogen and oxygen atoms in total. The van der Waals surface area contributed by atoms with E-state index < -0.39 is 0 Å². The van der Waals surface area contributed by atoms with Crippen molar-refractivity contribution in [3.63, 3.8) is 0 Å². The van der Waals surface area contributed by atoms with Gasteiger partial charge in [0, 0.05) is 59.7 Å². The van der Waals surface area contributed by atoms with Crippen molar-refractivity contribution in [3.8, 4) is 5.75 Å². The smallest absolute Gasteiger partial charge is 0.248 e. The number of hydrogen-bond donors (Lipinski definition) is 2. The lowest BCUT2D eigenvalue weighted by atomic mass is 10.0. The maximum Gasteiger partial charge on any atom is 0.248 e. The Bertz CT molecular complexity index is 1270. The molecule has 2 aliphatic rings. The second-order valence-electron chi connectivity index (χ2n) is 9.05. The summed E-state index contributed by atoms with van der Waals surface area (Å²) >= 11 is 6.28. The molecule has 1 aromatic heterocycles. The summed E-state index contributed by atoms with van der Waals surface area (Å²) in [6.07, 6.45) is 4.96. The molecule has 1 amide bonds. The highest BCUT2D eigenvalue weighted by Gasteiger charge is 2.36. The van der Waals surface area contributed by atoms with Crippen LogP contribution in [0.3, 0.4) is 0 Å². The number of rotatable bonds is 7. The number of ether oxygens (including phenoxy) is 2. The maximum absolute atomic E-state index is 12.7. The molecule has 2 atom stereocenters. The topological polar surface area (TPSA) is 88.6 Å². The quantitative estimate of drug-likeness (QED) is 0.471. The van der Waals surface area contributed by atoms with Crippen molar-refractivity contribution in [2.75, 3.05) is 50.6 Å². The minimum absolute atomic E-state index is 0.220. The van der Waals surface area contributed by atoms with Gasteiger partial charge in [0.1, 0.15) is 17.9 Å². The monoisotopic (exact) mass is 493 g/mol. The molecule has 2 N–H and O–H groups in total. The lowest BCUT2D eigenvalue weighted by molar-refractivity contribution is -0.111. The van der Waals surface area contributed by atoms with E-state index in [9.17, 15) is 4.79 Å². The molecule has 9 heteroatoms. The zero-order chi connectivity index (χ0) is 24.4. The van der Waals surface area contributed by atoms with Crippen molar-refractivity contribution in [1.29, 1.82) is 0 Å². The number of carbonyl (C=O) groups is 1. The molecule has 2 fully saturated rings. The Morgan fingerprint density at radius 2 is 2.03 bits per heavy atom. The first-order valence-corrected chi connectivity index (χ1v) is 12.0. The molecule has 35 heavy (non-hydrogen) atoms. The summed E-state index contributed by atoms with van der Waals surface area (Å²) in [6.45, 7) is 6.45. The van der Waals surface area contributed by atoms with Crippen LogP contribution in [0.5, 0.6) is 5.75 Å². The average Bonchev–Trinajstić information content (AvgIpc) is 3.43. The molecule has 2 unspecified atom stereocenters. The summed E-state index contributed by atoms with van der Waals surface area (Å²) in [5.74, 6) is 2.16. The molecule has 0 radical (unpaired) electrons. The van der Waals surface area contributed by atoms with Gasteiger partial charge in [0.15, 0.2) is 0 Å². The van der Waals surface area contributed by atoms with Crippen LogP contribution < -0.4 is 15.4 Å². The fraction of sp³-hybridized carbons (Fsp3) is 0.346. The molecule has 2 saturated heterocycles. The van der Waals surface area contributed by atoms with Crippen LogP contribution in [0.15, 0.2) is 48.8 Å². The Hall–Kier alpha value is -3.20. The largest absolute Gasteiger partial charge is 0.494 e. The third-order valence-electron chi connectivity index (χ3n) is 6.60. The molecule has 0 aliphatic carbocycles. The third kappa shape index (κ3) is 5.24. The van der Waals surface area contributed by atoms with Crippen molar-refractivity contribution in [2.24, 2.45) is 11.8 Å². The van der Waals surface area contributed by atoms with Gasteiger partial charge in [-0.15, -0.1) is 0 Å². The van der Waals surface area contributed by atoms with Gasteiger partial charge in [-0.25, -0.2) is 9.97 Å². The SMILES string of the molecule is COc1cc2ncnc(Nc3ccc(C)c(Cl)c3)c2cc1NC(=O)C=CCN1CC2COCC2C1. The van der Waals surface area contributed by atoms with Crippen LogP contribution in [-0.2, 0) is 9.53 Å². The number of aromatic nitrogens is 2. The summed E-state index contributed by atoms with van der Waals surface area (Å²) in [4.78, 5) is 23.8. The van der Waals surface area contributed by atoms with E-state index in [1.807, 2.05) is 37.3 Å². The predicted molar refractivity (Wildman–Crippen MR) is 138 cm³/mol. The predicted octanol–water partition coefficient (Wildman–Crippen LogP) is 4.42. The van der Waals surface area contributed by atoms with Crippen LogP contribution in [0.1, 0.15) is 5.56 Å². The van der Waals surface area contributed by atoms with E-state index in [4.69, 9.17) is 21.1 Å². The number of anilines is 3. The molecule has 2 aliphatic heterocycles. The number of carbonyl (C=O) groups excluding carboxylic acids is 1. The Morgan fingerprint density at radius 3 is 2.77 bits per heavy atom. The highest BCUT2D eigenvalue weighted by Crippen LogP contribution is 2.34. The van der Waals surface area contributed by atoms with Crippen LogP contribution in [-0.4, -0.2) is 60.7 Å². The van der Waals surface area contributed by atoms with E-state index in [1.165, 1.54) is 6.33 Å². The van der Waals surface area contributed by atoms with Gasteiger partial charge in [-0.05, 0) is 30.7 Å². The van der Waals surface area contributed by atoms with Crippen molar-refractivity contribution in [3.05, 3.63) is 59.4 Å². The van der Waals surface area contributed by atoms with E-state index in [2.05, 4.69) is 25.5 Å². The summed E-state index contributed by atoms with van der Waals surface area (Å²) in [6, 6.07) is 9.33. The molecule has 0 spiro atoms. The van der Waals surface area contributed by atoms with Crippen molar-refractivity contribution >= 4 is 45.6 Å². The Morgan fingerprint density at radius 1 is 1.23 bits per heavy atom. The molecular formula is C26H28ClN5O3. The van der Waals surface area contributed by atoms with Gasteiger partial charge >= 0.3 is 0 Å². The highest BCUT2D eigenvalue weighted by molar-refractivity contribution is 6.31. The van der Waals surface area contributed by atoms with E-state index in [0.29, 0.717) is 39.6 Å². The first-order valence-electron chi connectivity index (χ1n) is 11.6. The molecule has 0 bridgehead atoms. The Labute approximate surface area is 209 Å². The van der Waals surface area contributed by atoms with Crippen LogP contribution in [0, 0.1) is 18.8 Å². The molecule has 3 aromatic rings. The normalized spacial score (nSPS) is 19.9. The number of halogens is 1. The number of fused-ring (bicyclic) bond motifs is 2. The Kier molecular flexibility index (Phi) is 6.86. The maximum atomic E-state index is 12.7. The second-order valence-corrected chi connectivity index (χ2v) is 9.46. The van der Waals surface area contributed by atoms with Crippen molar-refractivity contribution < 1.29 is 14.3 Å². The van der Waals surface area contributed by atoms with Crippen LogP contribution in [0.2, 0.25) is 5.02 Å².